The number of halogens is 1. The normalized spacial score (nSPS) is 11.0. The molecule has 8 heteroatoms. The Bertz CT molecular complexity index is 948. The zero-order valence-corrected chi connectivity index (χ0v) is 15.1. The molecule has 3 heterocycles. The number of nitrogens with two attached hydrogens (primary N) is 1. The van der Waals surface area contributed by atoms with Crippen LogP contribution in [0.4, 0.5) is 5.82 Å². The molecule has 3 aromatic heterocycles. The van der Waals surface area contributed by atoms with E-state index in [1.165, 1.54) is 6.20 Å². The molecule has 0 aliphatic heterocycles. The second-order valence-corrected chi connectivity index (χ2v) is 6.23. The lowest BCUT2D eigenvalue weighted by molar-refractivity contribution is 0.0952. The molecule has 0 bridgehead atoms. The lowest BCUT2D eigenvalue weighted by Gasteiger charge is -2.11. The number of aryl methyl sites for hydroxylation is 3. The number of aromatic nitrogens is 4. The molecule has 0 unspecified atom stereocenters. The highest BCUT2D eigenvalue weighted by Gasteiger charge is 2.15. The molecule has 0 fully saturated rings. The van der Waals surface area contributed by atoms with Crippen molar-refractivity contribution in [2.45, 2.75) is 27.3 Å². The zero-order chi connectivity index (χ0) is 18.1. The highest BCUT2D eigenvalue weighted by Crippen LogP contribution is 2.25. The predicted molar refractivity (Wildman–Crippen MR) is 97.7 cm³/mol. The first kappa shape index (κ1) is 17.2. The molecule has 3 rings (SSSR count). The number of anilines is 1. The summed E-state index contributed by atoms with van der Waals surface area (Å²) < 4.78 is 2.05. The fourth-order valence-electron chi connectivity index (χ4n) is 2.78. The molecular weight excluding hydrogens is 340 g/mol. The van der Waals surface area contributed by atoms with Crippen molar-refractivity contribution in [3.8, 4) is 0 Å². The molecule has 1 amide bonds. The summed E-state index contributed by atoms with van der Waals surface area (Å²) in [6, 6.07) is 3.23. The molecule has 0 spiro atoms. The van der Waals surface area contributed by atoms with Gasteiger partial charge in [-0.15, -0.1) is 0 Å². The molecule has 0 radical (unpaired) electrons. The van der Waals surface area contributed by atoms with E-state index < -0.39 is 0 Å². The second-order valence-electron chi connectivity index (χ2n) is 5.84. The summed E-state index contributed by atoms with van der Waals surface area (Å²) >= 11 is 5.73. The average molecular weight is 359 g/mol. The number of nitrogen functional groups attached to an aromatic ring is 1. The third-order valence-corrected chi connectivity index (χ3v) is 4.42. The van der Waals surface area contributed by atoms with Crippen LogP contribution < -0.4 is 11.1 Å². The predicted octanol–water partition coefficient (Wildman–Crippen LogP) is 2.42. The maximum atomic E-state index is 12.2. The average Bonchev–Trinajstić information content (AvgIpc) is 2.91. The van der Waals surface area contributed by atoms with Gasteiger partial charge < -0.3 is 15.6 Å². The topological polar surface area (TPSA) is 98.7 Å². The van der Waals surface area contributed by atoms with Gasteiger partial charge in [-0.2, -0.15) is 0 Å². The van der Waals surface area contributed by atoms with Crippen LogP contribution in [0.15, 0.2) is 18.3 Å². The van der Waals surface area contributed by atoms with Crippen molar-refractivity contribution >= 4 is 34.4 Å². The number of pyridine rings is 2. The smallest absolute Gasteiger partial charge is 0.252 e. The van der Waals surface area contributed by atoms with Gasteiger partial charge in [0.2, 0.25) is 0 Å². The molecule has 0 saturated carbocycles. The van der Waals surface area contributed by atoms with Crippen LogP contribution in [-0.2, 0) is 6.54 Å². The monoisotopic (exact) mass is 358 g/mol. The molecule has 0 atom stereocenters. The highest BCUT2D eigenvalue weighted by atomic mass is 35.5. The van der Waals surface area contributed by atoms with Gasteiger partial charge in [0.1, 0.15) is 16.5 Å². The first-order valence-corrected chi connectivity index (χ1v) is 8.25. The van der Waals surface area contributed by atoms with Gasteiger partial charge in [0, 0.05) is 25.0 Å². The number of nitrogens with zero attached hydrogens (tertiary/aromatic N) is 4. The Hall–Kier alpha value is -2.67. The van der Waals surface area contributed by atoms with E-state index in [4.69, 9.17) is 17.3 Å². The fraction of sp³-hybridized carbons (Fsp3) is 0.294. The van der Waals surface area contributed by atoms with Crippen LogP contribution >= 0.6 is 11.6 Å². The number of imidazole rings is 1. The standard InChI is InChI=1S/C17H19ClN6O/c1-9-10(2)22-16(19)14-15(9)24(11(3)23-14)7-6-20-17(25)12-4-5-13(18)21-8-12/h4-5,8H,6-7H2,1-3H3,(H2,19,22)(H,20,25). The number of carbonyl (C=O) groups is 1. The molecule has 3 N–H and O–H groups in total. The first-order chi connectivity index (χ1) is 11.9. The molecule has 25 heavy (non-hydrogen) atoms. The lowest BCUT2D eigenvalue weighted by atomic mass is 10.2. The minimum atomic E-state index is -0.194. The highest BCUT2D eigenvalue weighted by molar-refractivity contribution is 6.29. The van der Waals surface area contributed by atoms with E-state index in [1.54, 1.807) is 12.1 Å². The van der Waals surface area contributed by atoms with Gasteiger partial charge in [-0.05, 0) is 38.5 Å². The zero-order valence-electron chi connectivity index (χ0n) is 14.3. The van der Waals surface area contributed by atoms with Gasteiger partial charge in [-0.1, -0.05) is 11.6 Å². The van der Waals surface area contributed by atoms with Gasteiger partial charge in [0.15, 0.2) is 5.82 Å². The maximum Gasteiger partial charge on any atom is 0.252 e. The van der Waals surface area contributed by atoms with Gasteiger partial charge in [0.25, 0.3) is 5.91 Å². The minimum Gasteiger partial charge on any atom is -0.382 e. The molecule has 130 valence electrons. The fourth-order valence-corrected chi connectivity index (χ4v) is 2.89. The summed E-state index contributed by atoms with van der Waals surface area (Å²) in [4.78, 5) is 24.9. The third-order valence-electron chi connectivity index (χ3n) is 4.20. The SMILES string of the molecule is Cc1nc(N)c2nc(C)n(CCNC(=O)c3ccc(Cl)nc3)c2c1C. The summed E-state index contributed by atoms with van der Waals surface area (Å²) in [6.45, 7) is 6.87. The number of carbonyl (C=O) groups excluding carboxylic acids is 1. The van der Waals surface area contributed by atoms with Crippen LogP contribution in [0, 0.1) is 20.8 Å². The van der Waals surface area contributed by atoms with Crippen LogP contribution in [0.25, 0.3) is 11.0 Å². The molecule has 0 saturated heterocycles. The number of hydrogen-bond donors (Lipinski definition) is 2. The van der Waals surface area contributed by atoms with Crippen LogP contribution in [0.2, 0.25) is 5.15 Å². The van der Waals surface area contributed by atoms with E-state index in [0.29, 0.717) is 35.1 Å². The Morgan fingerprint density at radius 3 is 2.72 bits per heavy atom. The van der Waals surface area contributed by atoms with Crippen molar-refractivity contribution < 1.29 is 4.79 Å². The van der Waals surface area contributed by atoms with E-state index in [-0.39, 0.29) is 5.91 Å². The summed E-state index contributed by atoms with van der Waals surface area (Å²) in [5.74, 6) is 1.07. The first-order valence-electron chi connectivity index (χ1n) is 7.87. The van der Waals surface area contributed by atoms with Crippen molar-refractivity contribution in [3.05, 3.63) is 46.1 Å². The Balaban J connectivity index is 1.78. The molecule has 7 nitrogen and oxygen atoms in total. The number of nitrogens with one attached hydrogen (secondary N) is 1. The van der Waals surface area contributed by atoms with Gasteiger partial charge >= 0.3 is 0 Å². The number of amides is 1. The quantitative estimate of drug-likeness (QED) is 0.698. The van der Waals surface area contributed by atoms with E-state index in [2.05, 4.69) is 24.8 Å². The van der Waals surface area contributed by atoms with Crippen LogP contribution in [0.5, 0.6) is 0 Å². The van der Waals surface area contributed by atoms with Crippen molar-refractivity contribution in [1.82, 2.24) is 24.8 Å². The molecule has 0 aromatic carbocycles. The Morgan fingerprint density at radius 1 is 1.28 bits per heavy atom. The Labute approximate surface area is 150 Å². The summed E-state index contributed by atoms with van der Waals surface area (Å²) in [5.41, 5.74) is 10.1. The lowest BCUT2D eigenvalue weighted by Crippen LogP contribution is -2.27. The van der Waals surface area contributed by atoms with Crippen LogP contribution in [0.3, 0.4) is 0 Å². The van der Waals surface area contributed by atoms with Crippen molar-refractivity contribution in [3.63, 3.8) is 0 Å². The molecule has 3 aromatic rings. The second kappa shape index (κ2) is 6.68. The number of hydrogen-bond acceptors (Lipinski definition) is 5. The Kier molecular flexibility index (Phi) is 4.59. The molecule has 0 aliphatic rings. The number of fused-ring (bicyclic) bond motifs is 1. The van der Waals surface area contributed by atoms with Gasteiger partial charge in [-0.25, -0.2) is 15.0 Å². The van der Waals surface area contributed by atoms with Gasteiger partial charge in [0.05, 0.1) is 11.1 Å². The van der Waals surface area contributed by atoms with E-state index in [9.17, 15) is 4.79 Å². The van der Waals surface area contributed by atoms with E-state index in [0.717, 1.165) is 22.6 Å². The van der Waals surface area contributed by atoms with Crippen molar-refractivity contribution in [2.24, 2.45) is 0 Å². The largest absolute Gasteiger partial charge is 0.382 e. The minimum absolute atomic E-state index is 0.194. The van der Waals surface area contributed by atoms with Gasteiger partial charge in [-0.3, -0.25) is 4.79 Å². The summed E-state index contributed by atoms with van der Waals surface area (Å²) in [6.07, 6.45) is 1.45. The maximum absolute atomic E-state index is 12.2. The Morgan fingerprint density at radius 2 is 2.04 bits per heavy atom. The van der Waals surface area contributed by atoms with Crippen molar-refractivity contribution in [2.75, 3.05) is 12.3 Å². The van der Waals surface area contributed by atoms with Crippen LogP contribution in [-0.4, -0.2) is 32.0 Å². The van der Waals surface area contributed by atoms with E-state index in [1.807, 2.05) is 20.8 Å². The van der Waals surface area contributed by atoms with Crippen LogP contribution in [0.1, 0.15) is 27.4 Å². The molecule has 0 aliphatic carbocycles. The molecular formula is C17H19ClN6O. The summed E-state index contributed by atoms with van der Waals surface area (Å²) in [5, 5.41) is 3.24. The van der Waals surface area contributed by atoms with E-state index >= 15 is 0 Å². The third kappa shape index (κ3) is 3.28. The summed E-state index contributed by atoms with van der Waals surface area (Å²) in [7, 11) is 0. The van der Waals surface area contributed by atoms with Crippen molar-refractivity contribution in [1.29, 1.82) is 0 Å². The number of rotatable bonds is 4.